The van der Waals surface area contributed by atoms with Crippen LogP contribution in [0.25, 0.3) is 0 Å². The first kappa shape index (κ1) is 20.0. The molecule has 0 aromatic heterocycles. The van der Waals surface area contributed by atoms with Crippen molar-refractivity contribution in [2.45, 2.75) is 44.2 Å². The van der Waals surface area contributed by atoms with Crippen LogP contribution in [0.3, 0.4) is 0 Å². The summed E-state index contributed by atoms with van der Waals surface area (Å²) in [5, 5.41) is 2.64. The average molecular weight is 404 g/mol. The summed E-state index contributed by atoms with van der Waals surface area (Å²) in [6.45, 7) is 3.76. The van der Waals surface area contributed by atoms with Crippen LogP contribution in [-0.4, -0.2) is 30.6 Å². The van der Waals surface area contributed by atoms with Crippen LogP contribution in [0.4, 0.5) is 4.39 Å². The van der Waals surface area contributed by atoms with Crippen molar-refractivity contribution in [3.05, 3.63) is 65.0 Å². The summed E-state index contributed by atoms with van der Waals surface area (Å²) in [5.41, 5.74) is 2.38. The van der Waals surface area contributed by atoms with Crippen molar-refractivity contribution in [1.29, 1.82) is 0 Å². The molecule has 1 N–H and O–H groups in total. The van der Waals surface area contributed by atoms with Gasteiger partial charge in [-0.2, -0.15) is 0 Å². The number of amides is 2. The summed E-state index contributed by atoms with van der Waals surface area (Å²) >= 11 is 0. The fourth-order valence-electron chi connectivity index (χ4n) is 3.10. The third-order valence-electron chi connectivity index (χ3n) is 4.88. The third kappa shape index (κ3) is 3.91. The van der Waals surface area contributed by atoms with Crippen LogP contribution in [0.5, 0.6) is 0 Å². The van der Waals surface area contributed by atoms with Crippen molar-refractivity contribution >= 4 is 21.8 Å². The van der Waals surface area contributed by atoms with Crippen molar-refractivity contribution in [3.8, 4) is 0 Å². The number of carbonyl (C=O) groups is 2. The van der Waals surface area contributed by atoms with Crippen LogP contribution in [0.15, 0.2) is 47.4 Å². The molecule has 28 heavy (non-hydrogen) atoms. The summed E-state index contributed by atoms with van der Waals surface area (Å²) in [4.78, 5) is 24.9. The Balaban J connectivity index is 1.80. The SMILES string of the molecule is Cc1ccc(S(=O)(=O)N2C(=O)CC[C@H]2C(=O)NCc2ccc(F)cc2)cc1C. The number of hydrogen-bond donors (Lipinski definition) is 1. The number of nitrogens with zero attached hydrogens (tertiary/aromatic N) is 1. The molecule has 1 atom stereocenters. The highest BCUT2D eigenvalue weighted by atomic mass is 32.2. The Bertz CT molecular complexity index is 1020. The molecule has 0 bridgehead atoms. The first-order valence-corrected chi connectivity index (χ1v) is 10.3. The zero-order valence-corrected chi connectivity index (χ0v) is 16.4. The van der Waals surface area contributed by atoms with Crippen LogP contribution in [0, 0.1) is 19.7 Å². The predicted octanol–water partition coefficient (Wildman–Crippen LogP) is 2.44. The number of aryl methyl sites for hydroxylation is 2. The monoisotopic (exact) mass is 404 g/mol. The lowest BCUT2D eigenvalue weighted by atomic mass is 10.1. The standard InChI is InChI=1S/C20H21FN2O4S/c1-13-3-8-17(11-14(13)2)28(26,27)23-18(9-10-19(23)24)20(25)22-12-15-4-6-16(21)7-5-15/h3-8,11,18H,9-10,12H2,1-2H3,(H,22,25)/t18-/m0/s1. The number of rotatable bonds is 5. The van der Waals surface area contributed by atoms with Gasteiger partial charge in [-0.25, -0.2) is 17.1 Å². The Hall–Kier alpha value is -2.74. The van der Waals surface area contributed by atoms with E-state index in [0.717, 1.165) is 11.1 Å². The first-order valence-electron chi connectivity index (χ1n) is 8.87. The molecule has 0 spiro atoms. The minimum absolute atomic E-state index is 0.0119. The Morgan fingerprint density at radius 3 is 2.46 bits per heavy atom. The maximum atomic E-state index is 13.0. The number of benzene rings is 2. The van der Waals surface area contributed by atoms with E-state index >= 15 is 0 Å². The van der Waals surface area contributed by atoms with Gasteiger partial charge < -0.3 is 5.32 Å². The molecule has 2 amide bonds. The van der Waals surface area contributed by atoms with Crippen molar-refractivity contribution in [2.24, 2.45) is 0 Å². The molecule has 148 valence electrons. The largest absolute Gasteiger partial charge is 0.350 e. The molecule has 6 nitrogen and oxygen atoms in total. The van der Waals surface area contributed by atoms with Crippen molar-refractivity contribution in [3.63, 3.8) is 0 Å². The van der Waals surface area contributed by atoms with E-state index in [0.29, 0.717) is 9.87 Å². The number of carbonyl (C=O) groups excluding carboxylic acids is 2. The Morgan fingerprint density at radius 2 is 1.82 bits per heavy atom. The second-order valence-corrected chi connectivity index (χ2v) is 8.65. The minimum atomic E-state index is -4.14. The summed E-state index contributed by atoms with van der Waals surface area (Å²) in [5.74, 6) is -1.54. The van der Waals surface area contributed by atoms with Gasteiger partial charge in [-0.15, -0.1) is 0 Å². The molecular weight excluding hydrogens is 383 g/mol. The van der Waals surface area contributed by atoms with Gasteiger partial charge >= 0.3 is 0 Å². The second kappa shape index (κ2) is 7.71. The van der Waals surface area contributed by atoms with Gasteiger partial charge in [0.05, 0.1) is 4.90 Å². The van der Waals surface area contributed by atoms with Crippen LogP contribution in [0.1, 0.15) is 29.5 Å². The highest BCUT2D eigenvalue weighted by Crippen LogP contribution is 2.28. The fraction of sp³-hybridized carbons (Fsp3) is 0.300. The van der Waals surface area contributed by atoms with Gasteiger partial charge in [0, 0.05) is 13.0 Å². The number of nitrogens with one attached hydrogen (secondary N) is 1. The molecule has 8 heteroatoms. The lowest BCUT2D eigenvalue weighted by molar-refractivity contribution is -0.130. The summed E-state index contributed by atoms with van der Waals surface area (Å²) < 4.78 is 39.7. The summed E-state index contributed by atoms with van der Waals surface area (Å²) in [6, 6.07) is 9.12. The highest BCUT2D eigenvalue weighted by Gasteiger charge is 2.44. The van der Waals surface area contributed by atoms with Gasteiger partial charge in [0.15, 0.2) is 0 Å². The van der Waals surface area contributed by atoms with E-state index in [1.54, 1.807) is 13.0 Å². The van der Waals surface area contributed by atoms with Gasteiger partial charge in [-0.3, -0.25) is 9.59 Å². The lowest BCUT2D eigenvalue weighted by Gasteiger charge is -2.24. The molecule has 0 unspecified atom stereocenters. The summed E-state index contributed by atoms with van der Waals surface area (Å²) in [7, 11) is -4.14. The molecule has 2 aromatic rings. The quantitative estimate of drug-likeness (QED) is 0.830. The van der Waals surface area contributed by atoms with Crippen LogP contribution in [-0.2, 0) is 26.2 Å². The smallest absolute Gasteiger partial charge is 0.267 e. The van der Waals surface area contributed by atoms with Gasteiger partial charge in [0.2, 0.25) is 11.8 Å². The lowest BCUT2D eigenvalue weighted by Crippen LogP contribution is -2.47. The molecule has 0 aliphatic carbocycles. The number of halogens is 1. The molecule has 0 radical (unpaired) electrons. The molecule has 0 saturated carbocycles. The van der Waals surface area contributed by atoms with Crippen LogP contribution < -0.4 is 5.32 Å². The second-order valence-electron chi connectivity index (χ2n) is 6.84. The fourth-order valence-corrected chi connectivity index (χ4v) is 4.79. The van der Waals surface area contributed by atoms with Crippen molar-refractivity contribution < 1.29 is 22.4 Å². The number of hydrogen-bond acceptors (Lipinski definition) is 4. The minimum Gasteiger partial charge on any atom is -0.350 e. The van der Waals surface area contributed by atoms with E-state index in [4.69, 9.17) is 0 Å². The topological polar surface area (TPSA) is 83.6 Å². The van der Waals surface area contributed by atoms with Gasteiger partial charge in [0.25, 0.3) is 10.0 Å². The third-order valence-corrected chi connectivity index (χ3v) is 6.70. The van der Waals surface area contributed by atoms with E-state index in [1.165, 1.54) is 36.4 Å². The molecular formula is C20H21FN2O4S. The predicted molar refractivity (Wildman–Crippen MR) is 101 cm³/mol. The first-order chi connectivity index (χ1) is 13.2. The molecule has 3 rings (SSSR count). The normalized spacial score (nSPS) is 17.0. The van der Waals surface area contributed by atoms with Crippen LogP contribution >= 0.6 is 0 Å². The van der Waals surface area contributed by atoms with Crippen LogP contribution in [0.2, 0.25) is 0 Å². The molecule has 1 fully saturated rings. The Kier molecular flexibility index (Phi) is 5.51. The average Bonchev–Trinajstić information content (AvgIpc) is 3.05. The van der Waals surface area contributed by atoms with E-state index in [1.807, 2.05) is 6.92 Å². The van der Waals surface area contributed by atoms with Crippen molar-refractivity contribution in [1.82, 2.24) is 9.62 Å². The number of sulfonamides is 1. The summed E-state index contributed by atoms with van der Waals surface area (Å²) in [6.07, 6.45) is 0.108. The van der Waals surface area contributed by atoms with Gasteiger partial charge in [-0.1, -0.05) is 18.2 Å². The molecule has 1 aliphatic rings. The highest BCUT2D eigenvalue weighted by molar-refractivity contribution is 7.89. The van der Waals surface area contributed by atoms with Gasteiger partial charge in [-0.05, 0) is 61.2 Å². The molecule has 1 saturated heterocycles. The van der Waals surface area contributed by atoms with E-state index in [9.17, 15) is 22.4 Å². The zero-order chi connectivity index (χ0) is 20.5. The zero-order valence-electron chi connectivity index (χ0n) is 15.6. The molecule has 1 heterocycles. The maximum absolute atomic E-state index is 13.0. The van der Waals surface area contributed by atoms with Gasteiger partial charge in [0.1, 0.15) is 11.9 Å². The molecule has 2 aromatic carbocycles. The molecule has 1 aliphatic heterocycles. The van der Waals surface area contributed by atoms with Crippen molar-refractivity contribution in [2.75, 3.05) is 0 Å². The van der Waals surface area contributed by atoms with E-state index < -0.39 is 27.9 Å². The maximum Gasteiger partial charge on any atom is 0.267 e. The van der Waals surface area contributed by atoms with E-state index in [2.05, 4.69) is 5.32 Å². The Labute approximate surface area is 163 Å². The Morgan fingerprint density at radius 1 is 1.14 bits per heavy atom. The van der Waals surface area contributed by atoms with E-state index in [-0.39, 0.29) is 30.1 Å².